The molecular formula is C16H26F3N3O2. The number of halogens is 3. The summed E-state index contributed by atoms with van der Waals surface area (Å²) >= 11 is 0. The van der Waals surface area contributed by atoms with Gasteiger partial charge < -0.3 is 15.3 Å². The Morgan fingerprint density at radius 3 is 2.29 bits per heavy atom. The van der Waals surface area contributed by atoms with E-state index >= 15 is 0 Å². The molecule has 138 valence electrons. The molecular weight excluding hydrogens is 323 g/mol. The summed E-state index contributed by atoms with van der Waals surface area (Å²) < 4.78 is 38.4. The maximum Gasteiger partial charge on any atom is 0.417 e. The van der Waals surface area contributed by atoms with Crippen LogP contribution in [0.4, 0.5) is 18.0 Å². The van der Waals surface area contributed by atoms with Gasteiger partial charge in [0, 0.05) is 51.1 Å². The van der Waals surface area contributed by atoms with Gasteiger partial charge in [-0.15, -0.1) is 0 Å². The van der Waals surface area contributed by atoms with Gasteiger partial charge in [-0.25, -0.2) is 4.79 Å². The number of hydrogen-bond donors (Lipinski definition) is 2. The van der Waals surface area contributed by atoms with Gasteiger partial charge in [-0.1, -0.05) is 12.8 Å². The Balaban J connectivity index is 1.45. The summed E-state index contributed by atoms with van der Waals surface area (Å²) in [5.41, 5.74) is -2.66. The first-order valence-corrected chi connectivity index (χ1v) is 8.87. The lowest BCUT2D eigenvalue weighted by Crippen LogP contribution is -2.56. The quantitative estimate of drug-likeness (QED) is 0.803. The average Bonchev–Trinajstić information content (AvgIpc) is 3.17. The molecule has 0 unspecified atom stereocenters. The Morgan fingerprint density at radius 1 is 1.08 bits per heavy atom. The van der Waals surface area contributed by atoms with E-state index in [-0.39, 0.29) is 25.2 Å². The molecule has 2 saturated heterocycles. The largest absolute Gasteiger partial charge is 0.417 e. The van der Waals surface area contributed by atoms with E-state index in [9.17, 15) is 23.1 Å². The Morgan fingerprint density at radius 2 is 1.71 bits per heavy atom. The van der Waals surface area contributed by atoms with Crippen LogP contribution in [-0.4, -0.2) is 71.0 Å². The Labute approximate surface area is 140 Å². The summed E-state index contributed by atoms with van der Waals surface area (Å²) in [6, 6.07) is 0.391. The van der Waals surface area contributed by atoms with Gasteiger partial charge in [0.2, 0.25) is 0 Å². The van der Waals surface area contributed by atoms with Crippen LogP contribution in [0.3, 0.4) is 0 Å². The number of likely N-dealkylation sites (tertiary alicyclic amines) is 2. The zero-order chi connectivity index (χ0) is 17.4. The molecule has 0 aromatic heterocycles. The molecule has 5 nitrogen and oxygen atoms in total. The van der Waals surface area contributed by atoms with Crippen LogP contribution >= 0.6 is 0 Å². The Kier molecular flexibility index (Phi) is 4.97. The lowest BCUT2D eigenvalue weighted by molar-refractivity contribution is -0.271. The molecule has 2 N–H and O–H groups in total. The highest BCUT2D eigenvalue weighted by molar-refractivity contribution is 5.74. The molecule has 2 heterocycles. The van der Waals surface area contributed by atoms with Crippen molar-refractivity contribution < 1.29 is 23.1 Å². The van der Waals surface area contributed by atoms with Crippen LogP contribution in [-0.2, 0) is 0 Å². The van der Waals surface area contributed by atoms with Crippen LogP contribution in [0.25, 0.3) is 0 Å². The minimum absolute atomic E-state index is 0.0685. The SMILES string of the molecule is O=C(N[C@@H]1CCN(C2CCCC2)C1)N1CCC(O)(C(F)(F)F)CC1. The fourth-order valence-corrected chi connectivity index (χ4v) is 4.14. The number of alkyl halides is 3. The van der Waals surface area contributed by atoms with E-state index in [4.69, 9.17) is 0 Å². The molecule has 2 amide bonds. The van der Waals surface area contributed by atoms with E-state index < -0.39 is 24.6 Å². The molecule has 0 spiro atoms. The highest BCUT2D eigenvalue weighted by Gasteiger charge is 2.55. The third kappa shape index (κ3) is 3.64. The number of nitrogens with one attached hydrogen (secondary N) is 1. The summed E-state index contributed by atoms with van der Waals surface area (Å²) in [6.45, 7) is 1.67. The van der Waals surface area contributed by atoms with Crippen molar-refractivity contribution in [1.82, 2.24) is 15.1 Å². The third-order valence-corrected chi connectivity index (χ3v) is 5.79. The molecule has 3 rings (SSSR count). The smallest absolute Gasteiger partial charge is 0.380 e. The summed E-state index contributed by atoms with van der Waals surface area (Å²) in [6.07, 6.45) is 0.338. The summed E-state index contributed by atoms with van der Waals surface area (Å²) in [4.78, 5) is 16.1. The second-order valence-corrected chi connectivity index (χ2v) is 7.38. The van der Waals surface area contributed by atoms with Gasteiger partial charge in [0.25, 0.3) is 0 Å². The number of carbonyl (C=O) groups is 1. The molecule has 1 atom stereocenters. The first-order chi connectivity index (χ1) is 11.3. The number of piperidine rings is 1. The summed E-state index contributed by atoms with van der Waals surface area (Å²) in [5, 5.41) is 12.6. The topological polar surface area (TPSA) is 55.8 Å². The van der Waals surface area contributed by atoms with Crippen molar-refractivity contribution in [2.24, 2.45) is 0 Å². The molecule has 3 aliphatic rings. The second-order valence-electron chi connectivity index (χ2n) is 7.38. The van der Waals surface area contributed by atoms with Gasteiger partial charge in [0.15, 0.2) is 5.60 Å². The van der Waals surface area contributed by atoms with Crippen LogP contribution in [0.5, 0.6) is 0 Å². The van der Waals surface area contributed by atoms with Gasteiger partial charge in [-0.2, -0.15) is 13.2 Å². The molecule has 1 aliphatic carbocycles. The summed E-state index contributed by atoms with van der Waals surface area (Å²) in [7, 11) is 0. The van der Waals surface area contributed by atoms with E-state index in [0.29, 0.717) is 6.04 Å². The lowest BCUT2D eigenvalue weighted by Gasteiger charge is -2.39. The zero-order valence-corrected chi connectivity index (χ0v) is 13.8. The molecule has 0 aromatic rings. The second kappa shape index (κ2) is 6.71. The van der Waals surface area contributed by atoms with Crippen molar-refractivity contribution in [2.75, 3.05) is 26.2 Å². The predicted octanol–water partition coefficient (Wildman–Crippen LogP) is 2.10. The van der Waals surface area contributed by atoms with Crippen LogP contribution in [0, 0.1) is 0 Å². The molecule has 0 bridgehead atoms. The number of rotatable bonds is 2. The van der Waals surface area contributed by atoms with Gasteiger partial charge >= 0.3 is 12.2 Å². The highest BCUT2D eigenvalue weighted by atomic mass is 19.4. The zero-order valence-electron chi connectivity index (χ0n) is 13.8. The minimum atomic E-state index is -4.64. The number of amides is 2. The van der Waals surface area contributed by atoms with Crippen molar-refractivity contribution >= 4 is 6.03 Å². The van der Waals surface area contributed by atoms with Crippen LogP contribution < -0.4 is 5.32 Å². The number of nitrogens with zero attached hydrogens (tertiary/aromatic N) is 2. The first-order valence-electron chi connectivity index (χ1n) is 8.87. The monoisotopic (exact) mass is 349 g/mol. The molecule has 0 aromatic carbocycles. The summed E-state index contributed by atoms with van der Waals surface area (Å²) in [5.74, 6) is 0. The molecule has 3 fully saturated rings. The lowest BCUT2D eigenvalue weighted by atomic mass is 9.91. The van der Waals surface area contributed by atoms with E-state index in [1.807, 2.05) is 0 Å². The molecule has 8 heteroatoms. The van der Waals surface area contributed by atoms with E-state index in [1.54, 1.807) is 0 Å². The maximum absolute atomic E-state index is 12.8. The third-order valence-electron chi connectivity index (χ3n) is 5.79. The van der Waals surface area contributed by atoms with Crippen LogP contribution in [0.15, 0.2) is 0 Å². The van der Waals surface area contributed by atoms with Crippen LogP contribution in [0.2, 0.25) is 0 Å². The maximum atomic E-state index is 12.8. The normalized spacial score (nSPS) is 29.2. The molecule has 2 aliphatic heterocycles. The van der Waals surface area contributed by atoms with Crippen molar-refractivity contribution in [3.05, 3.63) is 0 Å². The average molecular weight is 349 g/mol. The predicted molar refractivity (Wildman–Crippen MR) is 82.6 cm³/mol. The van der Waals surface area contributed by atoms with E-state index in [2.05, 4.69) is 10.2 Å². The van der Waals surface area contributed by atoms with Gasteiger partial charge in [0.1, 0.15) is 0 Å². The first kappa shape index (κ1) is 17.8. The number of aliphatic hydroxyl groups is 1. The number of hydrogen-bond acceptors (Lipinski definition) is 3. The van der Waals surface area contributed by atoms with E-state index in [0.717, 1.165) is 19.5 Å². The van der Waals surface area contributed by atoms with Gasteiger partial charge in [-0.3, -0.25) is 4.90 Å². The minimum Gasteiger partial charge on any atom is -0.380 e. The van der Waals surface area contributed by atoms with Crippen LogP contribution in [0.1, 0.15) is 44.9 Å². The Bertz CT molecular complexity index is 458. The fraction of sp³-hybridized carbons (Fsp3) is 0.938. The van der Waals surface area contributed by atoms with Gasteiger partial charge in [0.05, 0.1) is 0 Å². The Hall–Kier alpha value is -1.02. The van der Waals surface area contributed by atoms with Gasteiger partial charge in [-0.05, 0) is 19.3 Å². The number of carbonyl (C=O) groups excluding carboxylic acids is 1. The van der Waals surface area contributed by atoms with Crippen molar-refractivity contribution in [1.29, 1.82) is 0 Å². The van der Waals surface area contributed by atoms with Crippen molar-refractivity contribution in [3.8, 4) is 0 Å². The molecule has 24 heavy (non-hydrogen) atoms. The van der Waals surface area contributed by atoms with Crippen molar-refractivity contribution in [2.45, 2.75) is 68.8 Å². The molecule has 1 saturated carbocycles. The fourth-order valence-electron chi connectivity index (χ4n) is 4.14. The number of urea groups is 1. The standard InChI is InChI=1S/C16H26F3N3O2/c17-16(18,19)15(24)6-9-21(10-7-15)14(23)20-12-5-8-22(11-12)13-3-1-2-4-13/h12-13,24H,1-11H2,(H,20,23)/t12-/m1/s1. The van der Waals surface area contributed by atoms with Crippen molar-refractivity contribution in [3.63, 3.8) is 0 Å². The molecule has 0 radical (unpaired) electrons. The van der Waals surface area contributed by atoms with E-state index in [1.165, 1.54) is 30.6 Å². The highest BCUT2D eigenvalue weighted by Crippen LogP contribution is 2.38.